The monoisotopic (exact) mass is 209 g/mol. The lowest BCUT2D eigenvalue weighted by Crippen LogP contribution is -2.22. The minimum atomic E-state index is 0.151. The lowest BCUT2D eigenvalue weighted by atomic mass is 10.0. The second-order valence-corrected chi connectivity index (χ2v) is 3.64. The summed E-state index contributed by atoms with van der Waals surface area (Å²) in [7, 11) is 1.67. The number of methoxy groups -OCH3 is 1. The van der Waals surface area contributed by atoms with Gasteiger partial charge in [-0.3, -0.25) is 0 Å². The summed E-state index contributed by atoms with van der Waals surface area (Å²) in [6.07, 6.45) is 0. The van der Waals surface area contributed by atoms with Crippen LogP contribution in [0.5, 0.6) is 5.75 Å². The first kappa shape index (κ1) is 12.0. The van der Waals surface area contributed by atoms with Crippen molar-refractivity contribution < 1.29 is 9.84 Å². The van der Waals surface area contributed by atoms with Gasteiger partial charge in [0.2, 0.25) is 0 Å². The highest BCUT2D eigenvalue weighted by molar-refractivity contribution is 5.38. The van der Waals surface area contributed by atoms with E-state index in [-0.39, 0.29) is 12.6 Å². The minimum absolute atomic E-state index is 0.151. The SMILES string of the molecule is COc1ccc(C)cc1[C@@H](C)NCCO. The van der Waals surface area contributed by atoms with E-state index in [9.17, 15) is 0 Å². The third kappa shape index (κ3) is 3.22. The van der Waals surface area contributed by atoms with Gasteiger partial charge in [-0.2, -0.15) is 0 Å². The van der Waals surface area contributed by atoms with Crippen LogP contribution in [0.15, 0.2) is 18.2 Å². The van der Waals surface area contributed by atoms with Gasteiger partial charge in [-0.25, -0.2) is 0 Å². The third-order valence-corrected chi connectivity index (χ3v) is 2.41. The Morgan fingerprint density at radius 2 is 2.20 bits per heavy atom. The summed E-state index contributed by atoms with van der Waals surface area (Å²) in [5.41, 5.74) is 2.34. The van der Waals surface area contributed by atoms with Crippen LogP contribution in [0.1, 0.15) is 24.1 Å². The van der Waals surface area contributed by atoms with Gasteiger partial charge >= 0.3 is 0 Å². The molecule has 1 aromatic carbocycles. The molecule has 1 rings (SSSR count). The minimum Gasteiger partial charge on any atom is -0.496 e. The van der Waals surface area contributed by atoms with Crippen molar-refractivity contribution in [3.8, 4) is 5.75 Å². The molecule has 1 aromatic rings. The van der Waals surface area contributed by atoms with E-state index in [4.69, 9.17) is 9.84 Å². The predicted octanol–water partition coefficient (Wildman–Crippen LogP) is 1.65. The van der Waals surface area contributed by atoms with E-state index in [0.29, 0.717) is 6.54 Å². The number of hydrogen-bond donors (Lipinski definition) is 2. The summed E-state index contributed by atoms with van der Waals surface area (Å²) in [6.45, 7) is 4.87. The van der Waals surface area contributed by atoms with Crippen molar-refractivity contribution in [2.75, 3.05) is 20.3 Å². The first-order chi connectivity index (χ1) is 7.19. The number of aliphatic hydroxyl groups excluding tert-OH is 1. The fraction of sp³-hybridized carbons (Fsp3) is 0.500. The molecule has 0 aliphatic carbocycles. The van der Waals surface area contributed by atoms with Gasteiger partial charge in [0.15, 0.2) is 0 Å². The van der Waals surface area contributed by atoms with Crippen molar-refractivity contribution >= 4 is 0 Å². The molecule has 1 atom stereocenters. The van der Waals surface area contributed by atoms with Crippen molar-refractivity contribution in [1.82, 2.24) is 5.32 Å². The highest BCUT2D eigenvalue weighted by Crippen LogP contribution is 2.25. The first-order valence-electron chi connectivity index (χ1n) is 5.17. The van der Waals surface area contributed by atoms with Crippen molar-refractivity contribution in [2.45, 2.75) is 19.9 Å². The summed E-state index contributed by atoms with van der Waals surface area (Å²) in [5.74, 6) is 0.888. The van der Waals surface area contributed by atoms with E-state index >= 15 is 0 Å². The Kier molecular flexibility index (Phi) is 4.59. The average molecular weight is 209 g/mol. The Hall–Kier alpha value is -1.06. The maximum atomic E-state index is 8.75. The normalized spacial score (nSPS) is 12.5. The molecule has 0 saturated carbocycles. The molecule has 0 aliphatic heterocycles. The van der Waals surface area contributed by atoms with Crippen LogP contribution in [-0.2, 0) is 0 Å². The van der Waals surface area contributed by atoms with Gasteiger partial charge in [-0.15, -0.1) is 0 Å². The molecule has 0 bridgehead atoms. The van der Waals surface area contributed by atoms with Crippen molar-refractivity contribution in [3.05, 3.63) is 29.3 Å². The predicted molar refractivity (Wildman–Crippen MR) is 61.2 cm³/mol. The summed E-state index contributed by atoms with van der Waals surface area (Å²) in [6, 6.07) is 6.29. The number of aliphatic hydroxyl groups is 1. The number of hydrogen-bond acceptors (Lipinski definition) is 3. The highest BCUT2D eigenvalue weighted by Gasteiger charge is 2.10. The molecule has 0 amide bonds. The largest absolute Gasteiger partial charge is 0.496 e. The van der Waals surface area contributed by atoms with E-state index in [1.807, 2.05) is 12.1 Å². The van der Waals surface area contributed by atoms with E-state index in [1.54, 1.807) is 7.11 Å². The van der Waals surface area contributed by atoms with Crippen LogP contribution in [-0.4, -0.2) is 25.4 Å². The van der Waals surface area contributed by atoms with Gasteiger partial charge in [-0.1, -0.05) is 17.7 Å². The molecular formula is C12H19NO2. The van der Waals surface area contributed by atoms with Crippen LogP contribution < -0.4 is 10.1 Å². The quantitative estimate of drug-likeness (QED) is 0.774. The molecule has 0 heterocycles. The maximum absolute atomic E-state index is 8.75. The average Bonchev–Trinajstić information content (AvgIpc) is 2.25. The number of ether oxygens (including phenoxy) is 1. The van der Waals surface area contributed by atoms with Crippen LogP contribution in [0.2, 0.25) is 0 Å². The molecule has 0 fully saturated rings. The maximum Gasteiger partial charge on any atom is 0.123 e. The summed E-state index contributed by atoms with van der Waals surface area (Å²) in [5, 5.41) is 12.0. The zero-order valence-electron chi connectivity index (χ0n) is 9.58. The molecule has 0 spiro atoms. The Bertz CT molecular complexity index is 312. The molecule has 0 radical (unpaired) electrons. The molecule has 15 heavy (non-hydrogen) atoms. The van der Waals surface area contributed by atoms with Gasteiger partial charge in [0.1, 0.15) is 5.75 Å². The van der Waals surface area contributed by atoms with Crippen molar-refractivity contribution in [1.29, 1.82) is 0 Å². The van der Waals surface area contributed by atoms with Gasteiger partial charge in [0.25, 0.3) is 0 Å². The molecule has 0 saturated heterocycles. The first-order valence-corrected chi connectivity index (χ1v) is 5.17. The zero-order chi connectivity index (χ0) is 11.3. The number of benzene rings is 1. The lowest BCUT2D eigenvalue weighted by molar-refractivity contribution is 0.285. The molecule has 3 nitrogen and oxygen atoms in total. The summed E-state index contributed by atoms with van der Waals surface area (Å²) >= 11 is 0. The fourth-order valence-electron chi connectivity index (χ4n) is 1.58. The molecular weight excluding hydrogens is 190 g/mol. The van der Waals surface area contributed by atoms with Gasteiger partial charge in [-0.05, 0) is 19.9 Å². The number of rotatable bonds is 5. The molecule has 0 aliphatic rings. The number of aryl methyl sites for hydroxylation is 1. The smallest absolute Gasteiger partial charge is 0.123 e. The molecule has 0 aromatic heterocycles. The Morgan fingerprint density at radius 1 is 1.47 bits per heavy atom. The number of nitrogens with one attached hydrogen (secondary N) is 1. The second-order valence-electron chi connectivity index (χ2n) is 3.64. The third-order valence-electron chi connectivity index (χ3n) is 2.41. The van der Waals surface area contributed by atoms with E-state index in [0.717, 1.165) is 11.3 Å². The molecule has 2 N–H and O–H groups in total. The summed E-state index contributed by atoms with van der Waals surface area (Å²) < 4.78 is 5.30. The van der Waals surface area contributed by atoms with Crippen LogP contribution in [0.3, 0.4) is 0 Å². The standard InChI is InChI=1S/C12H19NO2/c1-9-4-5-12(15-3)11(8-9)10(2)13-6-7-14/h4-5,8,10,13-14H,6-7H2,1-3H3/t10-/m1/s1. The van der Waals surface area contributed by atoms with Gasteiger partial charge in [0, 0.05) is 18.2 Å². The Labute approximate surface area is 91.1 Å². The van der Waals surface area contributed by atoms with E-state index in [2.05, 4.69) is 25.2 Å². The van der Waals surface area contributed by atoms with Gasteiger partial charge < -0.3 is 15.2 Å². The van der Waals surface area contributed by atoms with Crippen molar-refractivity contribution in [3.63, 3.8) is 0 Å². The molecule has 3 heteroatoms. The van der Waals surface area contributed by atoms with E-state index in [1.165, 1.54) is 5.56 Å². The van der Waals surface area contributed by atoms with Crippen LogP contribution in [0.4, 0.5) is 0 Å². The molecule has 84 valence electrons. The van der Waals surface area contributed by atoms with Gasteiger partial charge in [0.05, 0.1) is 13.7 Å². The Balaban J connectivity index is 2.85. The van der Waals surface area contributed by atoms with Crippen molar-refractivity contribution in [2.24, 2.45) is 0 Å². The highest BCUT2D eigenvalue weighted by atomic mass is 16.5. The topological polar surface area (TPSA) is 41.5 Å². The fourth-order valence-corrected chi connectivity index (χ4v) is 1.58. The van der Waals surface area contributed by atoms with Crippen LogP contribution >= 0.6 is 0 Å². The zero-order valence-corrected chi connectivity index (χ0v) is 9.58. The lowest BCUT2D eigenvalue weighted by Gasteiger charge is -2.17. The second kappa shape index (κ2) is 5.73. The Morgan fingerprint density at radius 3 is 2.80 bits per heavy atom. The van der Waals surface area contributed by atoms with E-state index < -0.39 is 0 Å². The summed E-state index contributed by atoms with van der Waals surface area (Å²) in [4.78, 5) is 0. The van der Waals surface area contributed by atoms with Crippen LogP contribution in [0.25, 0.3) is 0 Å². The molecule has 0 unspecified atom stereocenters. The van der Waals surface area contributed by atoms with Crippen LogP contribution in [0, 0.1) is 6.92 Å².